The molecular weight excluding hydrogens is 162 g/mol. The van der Waals surface area contributed by atoms with Gasteiger partial charge in [0.2, 0.25) is 0 Å². The van der Waals surface area contributed by atoms with E-state index >= 15 is 0 Å². The Hall–Kier alpha value is -0.0800. The normalized spacial score (nSPS) is 16.8. The number of hydrogen-bond acceptors (Lipinski definition) is 2. The zero-order valence-electron chi connectivity index (χ0n) is 8.84. The number of aliphatic hydroxyl groups is 1. The Morgan fingerprint density at radius 2 is 2.00 bits per heavy atom. The summed E-state index contributed by atoms with van der Waals surface area (Å²) in [6, 6.07) is 0. The van der Waals surface area contributed by atoms with Crippen molar-refractivity contribution < 1.29 is 5.11 Å². The summed E-state index contributed by atoms with van der Waals surface area (Å²) < 4.78 is 0. The highest BCUT2D eigenvalue weighted by Crippen LogP contribution is 2.29. The average Bonchev–Trinajstić information content (AvgIpc) is 2.89. The summed E-state index contributed by atoms with van der Waals surface area (Å²) in [6.45, 7) is 5.84. The van der Waals surface area contributed by atoms with Crippen LogP contribution in [-0.4, -0.2) is 36.2 Å². The second-order valence-corrected chi connectivity index (χ2v) is 4.17. The fraction of sp³-hybridized carbons (Fsp3) is 1.00. The van der Waals surface area contributed by atoms with Gasteiger partial charge < -0.3 is 10.0 Å². The van der Waals surface area contributed by atoms with Crippen molar-refractivity contribution in [3.05, 3.63) is 0 Å². The number of rotatable bonds is 8. The summed E-state index contributed by atoms with van der Waals surface area (Å²) >= 11 is 0. The molecule has 13 heavy (non-hydrogen) atoms. The molecule has 0 heterocycles. The van der Waals surface area contributed by atoms with Gasteiger partial charge in [-0.15, -0.1) is 0 Å². The van der Waals surface area contributed by atoms with Gasteiger partial charge in [0.1, 0.15) is 0 Å². The first-order chi connectivity index (χ1) is 6.36. The molecule has 1 aliphatic rings. The zero-order chi connectivity index (χ0) is 9.52. The Kier molecular flexibility index (Phi) is 5.40. The van der Waals surface area contributed by atoms with Crippen LogP contribution in [0.3, 0.4) is 0 Å². The summed E-state index contributed by atoms with van der Waals surface area (Å²) in [7, 11) is 0. The highest BCUT2D eigenvalue weighted by atomic mass is 16.3. The van der Waals surface area contributed by atoms with Crippen molar-refractivity contribution in [2.24, 2.45) is 5.92 Å². The van der Waals surface area contributed by atoms with Crippen LogP contribution >= 0.6 is 0 Å². The molecule has 1 saturated carbocycles. The number of unbranched alkanes of at least 4 members (excludes halogenated alkanes) is 2. The number of hydrogen-bond donors (Lipinski definition) is 1. The van der Waals surface area contributed by atoms with E-state index in [2.05, 4.69) is 11.8 Å². The van der Waals surface area contributed by atoms with Crippen molar-refractivity contribution in [2.75, 3.05) is 26.2 Å². The van der Waals surface area contributed by atoms with Crippen LogP contribution in [0.2, 0.25) is 0 Å². The van der Waals surface area contributed by atoms with Crippen molar-refractivity contribution in [1.82, 2.24) is 4.90 Å². The van der Waals surface area contributed by atoms with Gasteiger partial charge in [-0.25, -0.2) is 0 Å². The first-order valence-electron chi connectivity index (χ1n) is 5.70. The van der Waals surface area contributed by atoms with Crippen molar-refractivity contribution in [2.45, 2.75) is 39.0 Å². The van der Waals surface area contributed by atoms with E-state index in [4.69, 9.17) is 5.11 Å². The monoisotopic (exact) mass is 185 g/mol. The number of aliphatic hydroxyl groups excluding tert-OH is 1. The van der Waals surface area contributed by atoms with Gasteiger partial charge in [-0.1, -0.05) is 19.8 Å². The van der Waals surface area contributed by atoms with Crippen LogP contribution < -0.4 is 0 Å². The molecule has 1 N–H and O–H groups in total. The van der Waals surface area contributed by atoms with Gasteiger partial charge in [0.25, 0.3) is 0 Å². The molecule has 1 aliphatic carbocycles. The molecule has 1 fully saturated rings. The van der Waals surface area contributed by atoms with E-state index in [-0.39, 0.29) is 0 Å². The van der Waals surface area contributed by atoms with Crippen LogP contribution in [0, 0.1) is 5.92 Å². The maximum absolute atomic E-state index is 8.88. The Morgan fingerprint density at radius 3 is 2.54 bits per heavy atom. The Labute approximate surface area is 81.9 Å². The van der Waals surface area contributed by atoms with E-state index in [0.29, 0.717) is 6.61 Å². The SMILES string of the molecule is CCCCCN(CCO)CC1CC1. The fourth-order valence-corrected chi connectivity index (χ4v) is 1.69. The maximum Gasteiger partial charge on any atom is 0.0558 e. The Morgan fingerprint density at radius 1 is 1.23 bits per heavy atom. The summed E-state index contributed by atoms with van der Waals surface area (Å²) in [5, 5.41) is 8.88. The molecule has 0 bridgehead atoms. The second-order valence-electron chi connectivity index (χ2n) is 4.17. The van der Waals surface area contributed by atoms with E-state index in [1.165, 1.54) is 45.2 Å². The molecule has 2 heteroatoms. The smallest absolute Gasteiger partial charge is 0.0558 e. The van der Waals surface area contributed by atoms with Crippen molar-refractivity contribution >= 4 is 0 Å². The molecule has 0 saturated heterocycles. The van der Waals surface area contributed by atoms with Crippen LogP contribution in [0.15, 0.2) is 0 Å². The van der Waals surface area contributed by atoms with E-state index in [1.54, 1.807) is 0 Å². The quantitative estimate of drug-likeness (QED) is 0.584. The van der Waals surface area contributed by atoms with Gasteiger partial charge in [-0.05, 0) is 31.7 Å². The van der Waals surface area contributed by atoms with Gasteiger partial charge in [-0.3, -0.25) is 0 Å². The predicted molar refractivity (Wildman–Crippen MR) is 55.8 cm³/mol. The largest absolute Gasteiger partial charge is 0.395 e. The van der Waals surface area contributed by atoms with E-state index in [0.717, 1.165) is 12.5 Å². The summed E-state index contributed by atoms with van der Waals surface area (Å²) in [5.41, 5.74) is 0. The summed E-state index contributed by atoms with van der Waals surface area (Å²) in [5.74, 6) is 0.952. The molecule has 0 amide bonds. The van der Waals surface area contributed by atoms with Crippen LogP contribution in [0.25, 0.3) is 0 Å². The lowest BCUT2D eigenvalue weighted by atomic mass is 10.2. The van der Waals surface area contributed by atoms with Crippen LogP contribution in [0.5, 0.6) is 0 Å². The zero-order valence-corrected chi connectivity index (χ0v) is 8.84. The highest BCUT2D eigenvalue weighted by Gasteiger charge is 2.23. The van der Waals surface area contributed by atoms with E-state index in [1.807, 2.05) is 0 Å². The minimum atomic E-state index is 0.318. The first-order valence-corrected chi connectivity index (χ1v) is 5.70. The lowest BCUT2D eigenvalue weighted by Gasteiger charge is -2.20. The fourth-order valence-electron chi connectivity index (χ4n) is 1.69. The third-order valence-corrected chi connectivity index (χ3v) is 2.71. The standard InChI is InChI=1S/C11H23NO/c1-2-3-4-7-12(8-9-13)10-11-5-6-11/h11,13H,2-10H2,1H3. The molecule has 2 nitrogen and oxygen atoms in total. The average molecular weight is 185 g/mol. The van der Waals surface area contributed by atoms with Gasteiger partial charge in [-0.2, -0.15) is 0 Å². The van der Waals surface area contributed by atoms with Crippen molar-refractivity contribution in [3.8, 4) is 0 Å². The predicted octanol–water partition coefficient (Wildman–Crippen LogP) is 1.88. The Bertz CT molecular complexity index is 123. The lowest BCUT2D eigenvalue weighted by Crippen LogP contribution is -2.30. The van der Waals surface area contributed by atoms with Crippen molar-refractivity contribution in [3.63, 3.8) is 0 Å². The van der Waals surface area contributed by atoms with Crippen LogP contribution in [-0.2, 0) is 0 Å². The number of nitrogens with zero attached hydrogens (tertiary/aromatic N) is 1. The molecule has 0 radical (unpaired) electrons. The maximum atomic E-state index is 8.88. The molecule has 0 atom stereocenters. The summed E-state index contributed by atoms with van der Waals surface area (Å²) in [6.07, 6.45) is 6.73. The lowest BCUT2D eigenvalue weighted by molar-refractivity contribution is 0.188. The molecule has 1 rings (SSSR count). The molecule has 0 aliphatic heterocycles. The first kappa shape index (κ1) is 11.0. The molecule has 0 unspecified atom stereocenters. The Balaban J connectivity index is 2.04. The second kappa shape index (κ2) is 6.39. The van der Waals surface area contributed by atoms with Gasteiger partial charge in [0, 0.05) is 13.1 Å². The molecular formula is C11H23NO. The minimum absolute atomic E-state index is 0.318. The van der Waals surface area contributed by atoms with E-state index < -0.39 is 0 Å². The van der Waals surface area contributed by atoms with E-state index in [9.17, 15) is 0 Å². The van der Waals surface area contributed by atoms with Gasteiger partial charge in [0.05, 0.1) is 6.61 Å². The molecule has 78 valence electrons. The molecule has 0 aromatic rings. The van der Waals surface area contributed by atoms with Gasteiger partial charge >= 0.3 is 0 Å². The van der Waals surface area contributed by atoms with Crippen LogP contribution in [0.1, 0.15) is 39.0 Å². The highest BCUT2D eigenvalue weighted by molar-refractivity contribution is 4.77. The summed E-state index contributed by atoms with van der Waals surface area (Å²) in [4.78, 5) is 2.42. The molecule has 0 aromatic heterocycles. The molecule has 0 aromatic carbocycles. The van der Waals surface area contributed by atoms with Crippen LogP contribution in [0.4, 0.5) is 0 Å². The third-order valence-electron chi connectivity index (χ3n) is 2.71. The van der Waals surface area contributed by atoms with Gasteiger partial charge in [0.15, 0.2) is 0 Å². The third kappa shape index (κ3) is 5.27. The molecule has 0 spiro atoms. The van der Waals surface area contributed by atoms with Crippen molar-refractivity contribution in [1.29, 1.82) is 0 Å². The minimum Gasteiger partial charge on any atom is -0.395 e. The topological polar surface area (TPSA) is 23.5 Å².